The third-order valence-corrected chi connectivity index (χ3v) is 1.64. The van der Waals surface area contributed by atoms with Crippen LogP contribution in [0.1, 0.15) is 6.92 Å². The molecule has 0 aromatic carbocycles. The average Bonchev–Trinajstić information content (AvgIpc) is 1.89. The van der Waals surface area contributed by atoms with Crippen molar-refractivity contribution in [3.8, 4) is 0 Å². The molecule has 0 unspecified atom stereocenters. The van der Waals surface area contributed by atoms with Crippen molar-refractivity contribution in [2.24, 2.45) is 0 Å². The Labute approximate surface area is 55.0 Å². The highest BCUT2D eigenvalue weighted by atomic mass is 16.5. The van der Waals surface area contributed by atoms with Crippen molar-refractivity contribution in [1.82, 2.24) is 5.32 Å². The lowest BCUT2D eigenvalue weighted by atomic mass is 10.2. The van der Waals surface area contributed by atoms with Gasteiger partial charge < -0.3 is 15.2 Å². The number of hydrogen-bond donors (Lipinski definition) is 2. The van der Waals surface area contributed by atoms with Gasteiger partial charge in [0.2, 0.25) is 0 Å². The highest BCUT2D eigenvalue weighted by Crippen LogP contribution is 2.01. The summed E-state index contributed by atoms with van der Waals surface area (Å²) in [6.45, 7) is 3.75. The molecule has 1 aliphatic rings. The number of ether oxygens (including phenoxy) is 1. The molecule has 0 aromatic heterocycles. The maximum absolute atomic E-state index is 8.70. The Hall–Kier alpha value is -0.120. The third kappa shape index (κ3) is 1.64. The summed E-state index contributed by atoms with van der Waals surface area (Å²) in [6, 6.07) is 0.295. The van der Waals surface area contributed by atoms with Crippen LogP contribution in [0.3, 0.4) is 0 Å². The largest absolute Gasteiger partial charge is 0.394 e. The minimum atomic E-state index is -0.00116. The van der Waals surface area contributed by atoms with Crippen molar-refractivity contribution < 1.29 is 9.84 Å². The molecule has 1 aliphatic heterocycles. The van der Waals surface area contributed by atoms with E-state index in [1.165, 1.54) is 0 Å². The number of hydrogen-bond acceptors (Lipinski definition) is 3. The van der Waals surface area contributed by atoms with E-state index >= 15 is 0 Å². The molecule has 1 rings (SSSR count). The Morgan fingerprint density at radius 2 is 2.56 bits per heavy atom. The maximum Gasteiger partial charge on any atom is 0.0956 e. The summed E-state index contributed by atoms with van der Waals surface area (Å²) in [5.41, 5.74) is 0. The molecule has 2 N–H and O–H groups in total. The van der Waals surface area contributed by atoms with Crippen molar-refractivity contribution in [3.05, 3.63) is 0 Å². The molecule has 1 heterocycles. The van der Waals surface area contributed by atoms with E-state index in [1.807, 2.05) is 6.92 Å². The van der Waals surface area contributed by atoms with E-state index in [2.05, 4.69) is 5.32 Å². The smallest absolute Gasteiger partial charge is 0.0956 e. The fraction of sp³-hybridized carbons (Fsp3) is 1.00. The standard InChI is InChI=1S/C6H13NO2/c1-5-6(4-8)9-3-2-7-5/h5-8H,2-4H2,1H3/t5-,6+/m0/s1. The van der Waals surface area contributed by atoms with E-state index < -0.39 is 0 Å². The van der Waals surface area contributed by atoms with Crippen LogP contribution >= 0.6 is 0 Å². The van der Waals surface area contributed by atoms with E-state index in [1.54, 1.807) is 0 Å². The molecule has 0 spiro atoms. The minimum Gasteiger partial charge on any atom is -0.394 e. The quantitative estimate of drug-likeness (QED) is 0.497. The fourth-order valence-electron chi connectivity index (χ4n) is 0.983. The molecular formula is C6H13NO2. The fourth-order valence-corrected chi connectivity index (χ4v) is 0.983. The lowest BCUT2D eigenvalue weighted by molar-refractivity contribution is -0.0302. The molecule has 1 saturated heterocycles. The molecule has 9 heavy (non-hydrogen) atoms. The second-order valence-corrected chi connectivity index (χ2v) is 2.33. The molecule has 0 aromatic rings. The number of aliphatic hydroxyl groups excluding tert-OH is 1. The van der Waals surface area contributed by atoms with Gasteiger partial charge in [0.25, 0.3) is 0 Å². The lowest BCUT2D eigenvalue weighted by Crippen LogP contribution is -2.48. The minimum absolute atomic E-state index is 0.00116. The zero-order chi connectivity index (χ0) is 6.69. The van der Waals surface area contributed by atoms with Crippen molar-refractivity contribution in [2.45, 2.75) is 19.1 Å². The highest BCUT2D eigenvalue weighted by Gasteiger charge is 2.19. The lowest BCUT2D eigenvalue weighted by Gasteiger charge is -2.28. The van der Waals surface area contributed by atoms with E-state index in [9.17, 15) is 0 Å². The zero-order valence-corrected chi connectivity index (χ0v) is 5.63. The molecule has 3 nitrogen and oxygen atoms in total. The van der Waals surface area contributed by atoms with Crippen molar-refractivity contribution in [1.29, 1.82) is 0 Å². The van der Waals surface area contributed by atoms with Crippen LogP contribution in [-0.2, 0) is 4.74 Å². The molecule has 0 radical (unpaired) electrons. The molecule has 0 saturated carbocycles. The first-order valence-corrected chi connectivity index (χ1v) is 3.30. The molecule has 0 amide bonds. The Kier molecular flexibility index (Phi) is 2.45. The van der Waals surface area contributed by atoms with Gasteiger partial charge in [0.1, 0.15) is 0 Å². The predicted molar refractivity (Wildman–Crippen MR) is 34.3 cm³/mol. The normalized spacial score (nSPS) is 36.7. The molecular weight excluding hydrogens is 118 g/mol. The average molecular weight is 131 g/mol. The molecule has 1 fully saturated rings. The van der Waals surface area contributed by atoms with Gasteiger partial charge in [-0.2, -0.15) is 0 Å². The second kappa shape index (κ2) is 3.15. The van der Waals surface area contributed by atoms with Crippen LogP contribution in [-0.4, -0.2) is 37.0 Å². The zero-order valence-electron chi connectivity index (χ0n) is 5.63. The van der Waals surface area contributed by atoms with Crippen molar-refractivity contribution in [2.75, 3.05) is 19.8 Å². The molecule has 2 atom stereocenters. The van der Waals surface area contributed by atoms with Gasteiger partial charge in [0.15, 0.2) is 0 Å². The molecule has 54 valence electrons. The Morgan fingerprint density at radius 1 is 1.78 bits per heavy atom. The van der Waals surface area contributed by atoms with Crippen molar-refractivity contribution in [3.63, 3.8) is 0 Å². The van der Waals surface area contributed by atoms with Gasteiger partial charge in [-0.05, 0) is 6.92 Å². The summed E-state index contributed by atoms with van der Waals surface area (Å²) in [5.74, 6) is 0. The van der Waals surface area contributed by atoms with Gasteiger partial charge in [0.05, 0.1) is 19.3 Å². The van der Waals surface area contributed by atoms with Crippen LogP contribution in [0.5, 0.6) is 0 Å². The third-order valence-electron chi connectivity index (χ3n) is 1.64. The number of rotatable bonds is 1. The highest BCUT2D eigenvalue weighted by molar-refractivity contribution is 4.75. The van der Waals surface area contributed by atoms with Gasteiger partial charge in [0, 0.05) is 12.6 Å². The predicted octanol–water partition coefficient (Wildman–Crippen LogP) is -0.644. The Balaban J connectivity index is 2.30. The summed E-state index contributed by atoms with van der Waals surface area (Å²) < 4.78 is 5.23. The van der Waals surface area contributed by atoms with Crippen LogP contribution in [0.15, 0.2) is 0 Å². The van der Waals surface area contributed by atoms with Gasteiger partial charge in [-0.15, -0.1) is 0 Å². The molecule has 0 bridgehead atoms. The SMILES string of the molecule is C[C@@H]1NCCO[C@@H]1CO. The van der Waals surface area contributed by atoms with Gasteiger partial charge >= 0.3 is 0 Å². The number of aliphatic hydroxyl groups is 1. The van der Waals surface area contributed by atoms with Gasteiger partial charge in [-0.25, -0.2) is 0 Å². The van der Waals surface area contributed by atoms with Crippen LogP contribution in [0.25, 0.3) is 0 Å². The van der Waals surface area contributed by atoms with Gasteiger partial charge in [-0.1, -0.05) is 0 Å². The summed E-state index contributed by atoms with van der Waals surface area (Å²) >= 11 is 0. The van der Waals surface area contributed by atoms with E-state index in [-0.39, 0.29) is 12.7 Å². The van der Waals surface area contributed by atoms with Crippen LogP contribution in [0.4, 0.5) is 0 Å². The van der Waals surface area contributed by atoms with E-state index in [4.69, 9.17) is 9.84 Å². The first-order valence-electron chi connectivity index (χ1n) is 3.30. The van der Waals surface area contributed by atoms with Crippen LogP contribution in [0.2, 0.25) is 0 Å². The van der Waals surface area contributed by atoms with Crippen LogP contribution < -0.4 is 5.32 Å². The summed E-state index contributed by atoms with van der Waals surface area (Å²) in [6.07, 6.45) is -0.00116. The molecule has 3 heteroatoms. The monoisotopic (exact) mass is 131 g/mol. The second-order valence-electron chi connectivity index (χ2n) is 2.33. The number of morpholine rings is 1. The van der Waals surface area contributed by atoms with E-state index in [0.29, 0.717) is 6.04 Å². The maximum atomic E-state index is 8.70. The Morgan fingerprint density at radius 3 is 3.00 bits per heavy atom. The first kappa shape index (κ1) is 6.99. The molecule has 0 aliphatic carbocycles. The Bertz CT molecular complexity index is 87.1. The van der Waals surface area contributed by atoms with Gasteiger partial charge in [-0.3, -0.25) is 0 Å². The van der Waals surface area contributed by atoms with Crippen molar-refractivity contribution >= 4 is 0 Å². The topological polar surface area (TPSA) is 41.5 Å². The number of nitrogens with one attached hydrogen (secondary N) is 1. The first-order chi connectivity index (χ1) is 4.34. The summed E-state index contributed by atoms with van der Waals surface area (Å²) in [5, 5.41) is 11.9. The summed E-state index contributed by atoms with van der Waals surface area (Å²) in [7, 11) is 0. The van der Waals surface area contributed by atoms with E-state index in [0.717, 1.165) is 13.2 Å². The summed E-state index contributed by atoms with van der Waals surface area (Å²) in [4.78, 5) is 0. The van der Waals surface area contributed by atoms with Crippen LogP contribution in [0, 0.1) is 0 Å².